The van der Waals surface area contributed by atoms with Gasteiger partial charge in [-0.1, -0.05) is 36.4 Å². The highest BCUT2D eigenvalue weighted by Crippen LogP contribution is 2.27. The standard InChI is InChI=1S/C24H30N4O4S/c1-32-24(31)19(9-10-22(25)29)28-23(30)18-13-16(27-14-20-21(33)11-12-26-20)7-8-17(18)15-5-3-2-4-6-15/h2-8,13,19-21,26-27,33H,9-12,14H2,1H3,(H2,25,29)(H,28,30)/t19-,20-,21-/m0/s1. The van der Waals surface area contributed by atoms with Crippen LogP contribution >= 0.6 is 12.6 Å². The summed E-state index contributed by atoms with van der Waals surface area (Å²) >= 11 is 4.61. The summed E-state index contributed by atoms with van der Waals surface area (Å²) in [6.07, 6.45) is 1.02. The number of nitrogens with two attached hydrogens (primary N) is 1. The summed E-state index contributed by atoms with van der Waals surface area (Å²) in [5.41, 5.74) is 7.99. The van der Waals surface area contributed by atoms with E-state index in [1.165, 1.54) is 7.11 Å². The van der Waals surface area contributed by atoms with Gasteiger partial charge in [0.2, 0.25) is 5.91 Å². The molecule has 5 N–H and O–H groups in total. The third kappa shape index (κ3) is 6.72. The molecule has 2 aromatic carbocycles. The largest absolute Gasteiger partial charge is 0.467 e. The van der Waals surface area contributed by atoms with Crippen molar-refractivity contribution in [2.75, 3.05) is 25.5 Å². The van der Waals surface area contributed by atoms with E-state index >= 15 is 0 Å². The molecular formula is C24H30N4O4S. The number of primary amides is 1. The number of carbonyl (C=O) groups is 3. The Balaban J connectivity index is 1.85. The van der Waals surface area contributed by atoms with Gasteiger partial charge in [0.25, 0.3) is 5.91 Å². The molecule has 1 aliphatic rings. The average Bonchev–Trinajstić information content (AvgIpc) is 3.24. The molecule has 176 valence electrons. The van der Waals surface area contributed by atoms with E-state index in [2.05, 4.69) is 28.6 Å². The number of ether oxygens (including phenoxy) is 1. The van der Waals surface area contributed by atoms with E-state index in [0.717, 1.165) is 29.8 Å². The van der Waals surface area contributed by atoms with Gasteiger partial charge in [-0.3, -0.25) is 9.59 Å². The summed E-state index contributed by atoms with van der Waals surface area (Å²) in [6, 6.07) is 14.3. The van der Waals surface area contributed by atoms with E-state index < -0.39 is 23.8 Å². The Morgan fingerprint density at radius 1 is 1.21 bits per heavy atom. The van der Waals surface area contributed by atoms with Crippen LogP contribution in [0.25, 0.3) is 11.1 Å². The van der Waals surface area contributed by atoms with Crippen molar-refractivity contribution >= 4 is 36.1 Å². The van der Waals surface area contributed by atoms with Gasteiger partial charge in [0, 0.05) is 35.5 Å². The van der Waals surface area contributed by atoms with Gasteiger partial charge in [-0.2, -0.15) is 12.6 Å². The lowest BCUT2D eigenvalue weighted by atomic mass is 9.98. The fourth-order valence-electron chi connectivity index (χ4n) is 3.82. The molecule has 1 saturated heterocycles. The van der Waals surface area contributed by atoms with Crippen LogP contribution in [0.1, 0.15) is 29.6 Å². The molecule has 2 aromatic rings. The van der Waals surface area contributed by atoms with E-state index in [9.17, 15) is 14.4 Å². The Morgan fingerprint density at radius 2 is 1.97 bits per heavy atom. The zero-order valence-electron chi connectivity index (χ0n) is 18.5. The zero-order valence-corrected chi connectivity index (χ0v) is 19.4. The van der Waals surface area contributed by atoms with Gasteiger partial charge in [0.1, 0.15) is 6.04 Å². The minimum absolute atomic E-state index is 0.0491. The lowest BCUT2D eigenvalue weighted by Gasteiger charge is -2.20. The Kier molecular flexibility index (Phi) is 8.73. The second-order valence-corrected chi connectivity index (χ2v) is 8.64. The maximum atomic E-state index is 13.3. The first-order chi connectivity index (χ1) is 15.9. The Hall–Kier alpha value is -3.04. The number of nitrogens with one attached hydrogen (secondary N) is 3. The van der Waals surface area contributed by atoms with Crippen molar-refractivity contribution in [3.05, 3.63) is 54.1 Å². The van der Waals surface area contributed by atoms with Crippen LogP contribution in [0, 0.1) is 0 Å². The van der Waals surface area contributed by atoms with Crippen LogP contribution in [-0.4, -0.2) is 55.3 Å². The summed E-state index contributed by atoms with van der Waals surface area (Å²) in [5.74, 6) is -1.63. The second kappa shape index (κ2) is 11.7. The molecule has 0 aliphatic carbocycles. The summed E-state index contributed by atoms with van der Waals surface area (Å²) in [5, 5.41) is 9.77. The van der Waals surface area contributed by atoms with E-state index in [0.29, 0.717) is 12.1 Å². The smallest absolute Gasteiger partial charge is 0.328 e. The van der Waals surface area contributed by atoms with E-state index in [1.54, 1.807) is 6.07 Å². The van der Waals surface area contributed by atoms with E-state index in [1.807, 2.05) is 42.5 Å². The number of thiol groups is 1. The monoisotopic (exact) mass is 470 g/mol. The molecule has 1 aliphatic heterocycles. The Bertz CT molecular complexity index is 986. The van der Waals surface area contributed by atoms with Crippen LogP contribution in [0.4, 0.5) is 5.69 Å². The molecule has 8 nitrogen and oxygen atoms in total. The number of esters is 1. The predicted octanol–water partition coefficient (Wildman–Crippen LogP) is 1.96. The number of amides is 2. The normalized spacial score (nSPS) is 18.4. The van der Waals surface area contributed by atoms with Gasteiger partial charge in [0.15, 0.2) is 0 Å². The number of methoxy groups -OCH3 is 1. The van der Waals surface area contributed by atoms with Crippen LogP contribution in [-0.2, 0) is 14.3 Å². The van der Waals surface area contributed by atoms with Crippen LogP contribution in [0.5, 0.6) is 0 Å². The van der Waals surface area contributed by atoms with Gasteiger partial charge in [0.05, 0.1) is 7.11 Å². The molecule has 0 radical (unpaired) electrons. The fourth-order valence-corrected chi connectivity index (χ4v) is 4.16. The minimum Gasteiger partial charge on any atom is -0.467 e. The lowest BCUT2D eigenvalue weighted by Crippen LogP contribution is -2.42. The van der Waals surface area contributed by atoms with Crippen molar-refractivity contribution in [3.63, 3.8) is 0 Å². The van der Waals surface area contributed by atoms with Crippen molar-refractivity contribution in [1.29, 1.82) is 0 Å². The van der Waals surface area contributed by atoms with Gasteiger partial charge < -0.3 is 26.4 Å². The second-order valence-electron chi connectivity index (χ2n) is 7.98. The average molecular weight is 471 g/mol. The number of rotatable bonds is 10. The van der Waals surface area contributed by atoms with Crippen LogP contribution in [0.2, 0.25) is 0 Å². The third-order valence-corrected chi connectivity index (χ3v) is 6.27. The molecular weight excluding hydrogens is 440 g/mol. The van der Waals surface area contributed by atoms with E-state index in [-0.39, 0.29) is 24.1 Å². The summed E-state index contributed by atoms with van der Waals surface area (Å²) in [4.78, 5) is 36.7. The summed E-state index contributed by atoms with van der Waals surface area (Å²) < 4.78 is 4.79. The van der Waals surface area contributed by atoms with Crippen molar-refractivity contribution < 1.29 is 19.1 Å². The molecule has 0 unspecified atom stereocenters. The summed E-state index contributed by atoms with van der Waals surface area (Å²) in [6.45, 7) is 1.60. The number of anilines is 1. The Labute approximate surface area is 199 Å². The maximum Gasteiger partial charge on any atom is 0.328 e. The molecule has 0 bridgehead atoms. The van der Waals surface area contributed by atoms with Gasteiger partial charge >= 0.3 is 5.97 Å². The molecule has 2 amide bonds. The highest BCUT2D eigenvalue weighted by molar-refractivity contribution is 7.81. The number of hydrogen-bond acceptors (Lipinski definition) is 7. The highest BCUT2D eigenvalue weighted by Gasteiger charge is 2.25. The quantitative estimate of drug-likeness (QED) is 0.267. The van der Waals surface area contributed by atoms with Gasteiger partial charge in [-0.05, 0) is 42.6 Å². The van der Waals surface area contributed by atoms with E-state index in [4.69, 9.17) is 10.5 Å². The minimum atomic E-state index is -0.983. The first-order valence-electron chi connectivity index (χ1n) is 10.9. The predicted molar refractivity (Wildman–Crippen MR) is 131 cm³/mol. The highest BCUT2D eigenvalue weighted by atomic mass is 32.1. The first-order valence-corrected chi connectivity index (χ1v) is 11.4. The molecule has 0 saturated carbocycles. The summed E-state index contributed by atoms with van der Waals surface area (Å²) in [7, 11) is 1.23. The van der Waals surface area contributed by atoms with Gasteiger partial charge in [-0.25, -0.2) is 4.79 Å². The molecule has 1 fully saturated rings. The number of carbonyl (C=O) groups excluding carboxylic acids is 3. The Morgan fingerprint density at radius 3 is 2.61 bits per heavy atom. The van der Waals surface area contributed by atoms with Gasteiger partial charge in [-0.15, -0.1) is 0 Å². The molecule has 0 spiro atoms. The van der Waals surface area contributed by atoms with Crippen molar-refractivity contribution in [3.8, 4) is 11.1 Å². The number of benzene rings is 2. The van der Waals surface area contributed by atoms with Crippen molar-refractivity contribution in [2.45, 2.75) is 36.6 Å². The fraction of sp³-hybridized carbons (Fsp3) is 0.375. The SMILES string of the molecule is COC(=O)[C@H](CCC(N)=O)NC(=O)c1cc(NC[C@@H]2NCC[C@@H]2S)ccc1-c1ccccc1. The third-order valence-electron chi connectivity index (χ3n) is 5.66. The topological polar surface area (TPSA) is 123 Å². The number of hydrogen-bond donors (Lipinski definition) is 5. The van der Waals surface area contributed by atoms with Crippen molar-refractivity contribution in [2.24, 2.45) is 5.73 Å². The van der Waals surface area contributed by atoms with Crippen LogP contribution < -0.4 is 21.7 Å². The molecule has 33 heavy (non-hydrogen) atoms. The maximum absolute atomic E-state index is 13.3. The van der Waals surface area contributed by atoms with Crippen LogP contribution in [0.15, 0.2) is 48.5 Å². The van der Waals surface area contributed by atoms with Crippen molar-refractivity contribution in [1.82, 2.24) is 10.6 Å². The first kappa shape index (κ1) is 24.6. The molecule has 3 atom stereocenters. The molecule has 3 rings (SSSR count). The molecule has 1 heterocycles. The molecule has 9 heteroatoms. The van der Waals surface area contributed by atoms with Crippen LogP contribution in [0.3, 0.4) is 0 Å². The lowest BCUT2D eigenvalue weighted by molar-refractivity contribution is -0.143. The molecule has 0 aromatic heterocycles. The zero-order chi connectivity index (χ0) is 23.8.